The summed E-state index contributed by atoms with van der Waals surface area (Å²) in [6, 6.07) is 1.84. The molecule has 0 unspecified atom stereocenters. The summed E-state index contributed by atoms with van der Waals surface area (Å²) in [5.41, 5.74) is -2.07. The van der Waals surface area contributed by atoms with Gasteiger partial charge in [0.1, 0.15) is 5.60 Å². The SMILES string of the molecule is CC(=O)/C=C/[C@](C)(C#N)C(=O)OC(C)(C)C. The number of hydrogen-bond acceptors (Lipinski definition) is 4. The van der Waals surface area contributed by atoms with Crippen LogP contribution in [0.4, 0.5) is 0 Å². The Morgan fingerprint density at radius 3 is 2.06 bits per heavy atom. The second-order valence-corrected chi connectivity index (χ2v) is 4.76. The highest BCUT2D eigenvalue weighted by molar-refractivity contribution is 5.90. The minimum Gasteiger partial charge on any atom is -0.459 e. The van der Waals surface area contributed by atoms with Crippen molar-refractivity contribution in [1.29, 1.82) is 5.26 Å². The normalized spacial score (nSPS) is 15.2. The molecule has 4 nitrogen and oxygen atoms in total. The van der Waals surface area contributed by atoms with Crippen molar-refractivity contribution in [1.82, 2.24) is 0 Å². The molecule has 0 saturated heterocycles. The predicted molar refractivity (Wildman–Crippen MR) is 59.4 cm³/mol. The number of hydrogen-bond donors (Lipinski definition) is 0. The van der Waals surface area contributed by atoms with Crippen LogP contribution in [0.2, 0.25) is 0 Å². The number of allylic oxidation sites excluding steroid dienone is 1. The molecular weight excluding hydrogens is 206 g/mol. The van der Waals surface area contributed by atoms with E-state index >= 15 is 0 Å². The molecule has 0 spiro atoms. The van der Waals surface area contributed by atoms with Gasteiger partial charge in [0, 0.05) is 0 Å². The van der Waals surface area contributed by atoms with Crippen LogP contribution in [-0.4, -0.2) is 17.4 Å². The highest BCUT2D eigenvalue weighted by Gasteiger charge is 2.35. The molecule has 1 atom stereocenters. The number of carbonyl (C=O) groups excluding carboxylic acids is 2. The van der Waals surface area contributed by atoms with E-state index < -0.39 is 17.0 Å². The predicted octanol–water partition coefficient (Wildman–Crippen LogP) is 2.00. The quantitative estimate of drug-likeness (QED) is 0.542. The maximum Gasteiger partial charge on any atom is 0.330 e. The molecule has 16 heavy (non-hydrogen) atoms. The summed E-state index contributed by atoms with van der Waals surface area (Å²) in [7, 11) is 0. The fourth-order valence-electron chi connectivity index (χ4n) is 0.819. The van der Waals surface area contributed by atoms with Crippen LogP contribution in [0.1, 0.15) is 34.6 Å². The van der Waals surface area contributed by atoms with Crippen molar-refractivity contribution in [3.8, 4) is 6.07 Å². The fourth-order valence-corrected chi connectivity index (χ4v) is 0.819. The van der Waals surface area contributed by atoms with E-state index in [-0.39, 0.29) is 5.78 Å². The van der Waals surface area contributed by atoms with Gasteiger partial charge in [-0.3, -0.25) is 4.79 Å². The molecule has 0 radical (unpaired) electrons. The molecule has 0 aromatic carbocycles. The first-order valence-electron chi connectivity index (χ1n) is 4.95. The Labute approximate surface area is 95.9 Å². The van der Waals surface area contributed by atoms with E-state index in [4.69, 9.17) is 10.00 Å². The molecule has 0 bridgehead atoms. The van der Waals surface area contributed by atoms with E-state index in [1.165, 1.54) is 26.0 Å². The second-order valence-electron chi connectivity index (χ2n) is 4.76. The minimum atomic E-state index is -1.42. The van der Waals surface area contributed by atoms with Crippen molar-refractivity contribution in [2.45, 2.75) is 40.2 Å². The standard InChI is InChI=1S/C12H17NO3/c1-9(14)6-7-12(5,8-13)10(15)16-11(2,3)4/h6-7H,1-5H3/b7-6+/t12-/m1/s1. The van der Waals surface area contributed by atoms with Crippen LogP contribution >= 0.6 is 0 Å². The largest absolute Gasteiger partial charge is 0.459 e. The molecular formula is C12H17NO3. The van der Waals surface area contributed by atoms with Gasteiger partial charge < -0.3 is 4.74 Å². The van der Waals surface area contributed by atoms with Gasteiger partial charge in [-0.2, -0.15) is 5.26 Å². The van der Waals surface area contributed by atoms with E-state index in [1.807, 2.05) is 6.07 Å². The van der Waals surface area contributed by atoms with E-state index in [2.05, 4.69) is 0 Å². The molecule has 0 N–H and O–H groups in total. The summed E-state index contributed by atoms with van der Waals surface area (Å²) >= 11 is 0. The van der Waals surface area contributed by atoms with Crippen LogP contribution in [0, 0.1) is 16.7 Å². The first-order valence-corrected chi connectivity index (χ1v) is 4.95. The molecule has 0 aromatic rings. The van der Waals surface area contributed by atoms with Crippen molar-refractivity contribution in [2.24, 2.45) is 5.41 Å². The summed E-state index contributed by atoms with van der Waals surface area (Å²) in [4.78, 5) is 22.5. The van der Waals surface area contributed by atoms with Crippen LogP contribution in [0.5, 0.6) is 0 Å². The van der Waals surface area contributed by atoms with Crippen molar-refractivity contribution in [3.63, 3.8) is 0 Å². The Balaban J connectivity index is 4.92. The Hall–Kier alpha value is -1.63. The molecule has 0 aromatic heterocycles. The van der Waals surface area contributed by atoms with E-state index in [1.54, 1.807) is 20.8 Å². The van der Waals surface area contributed by atoms with Crippen molar-refractivity contribution in [2.75, 3.05) is 0 Å². The van der Waals surface area contributed by atoms with Crippen LogP contribution < -0.4 is 0 Å². The zero-order valence-electron chi connectivity index (χ0n) is 10.3. The third-order valence-corrected chi connectivity index (χ3v) is 1.71. The van der Waals surface area contributed by atoms with Gasteiger partial charge in [0.15, 0.2) is 11.2 Å². The monoisotopic (exact) mass is 223 g/mol. The number of carbonyl (C=O) groups is 2. The summed E-state index contributed by atoms with van der Waals surface area (Å²) in [6.45, 7) is 7.93. The topological polar surface area (TPSA) is 67.2 Å². The highest BCUT2D eigenvalue weighted by atomic mass is 16.6. The molecule has 0 fully saturated rings. The third-order valence-electron chi connectivity index (χ3n) is 1.71. The van der Waals surface area contributed by atoms with Crippen molar-refractivity contribution in [3.05, 3.63) is 12.2 Å². The number of rotatable bonds is 3. The van der Waals surface area contributed by atoms with Gasteiger partial charge in [-0.05, 0) is 40.7 Å². The van der Waals surface area contributed by atoms with E-state index in [9.17, 15) is 9.59 Å². The Morgan fingerprint density at radius 1 is 1.25 bits per heavy atom. The van der Waals surface area contributed by atoms with Gasteiger partial charge in [-0.25, -0.2) is 4.79 Å². The Morgan fingerprint density at radius 2 is 1.75 bits per heavy atom. The number of esters is 1. The van der Waals surface area contributed by atoms with Crippen LogP contribution in [0.15, 0.2) is 12.2 Å². The van der Waals surface area contributed by atoms with Crippen molar-refractivity contribution < 1.29 is 14.3 Å². The smallest absolute Gasteiger partial charge is 0.330 e. The van der Waals surface area contributed by atoms with Gasteiger partial charge in [0.25, 0.3) is 0 Å². The van der Waals surface area contributed by atoms with Crippen molar-refractivity contribution >= 4 is 11.8 Å². The number of ether oxygens (including phenoxy) is 1. The fraction of sp³-hybridized carbons (Fsp3) is 0.583. The van der Waals surface area contributed by atoms with Gasteiger partial charge in [-0.1, -0.05) is 6.08 Å². The molecule has 0 rings (SSSR count). The summed E-state index contributed by atoms with van der Waals surface area (Å²) in [6.07, 6.45) is 2.47. The zero-order chi connectivity index (χ0) is 13.0. The number of ketones is 1. The molecule has 88 valence electrons. The third kappa shape index (κ3) is 4.74. The molecule has 4 heteroatoms. The maximum atomic E-state index is 11.7. The minimum absolute atomic E-state index is 0.218. The van der Waals surface area contributed by atoms with E-state index in [0.717, 1.165) is 0 Å². The second kappa shape index (κ2) is 4.93. The molecule has 0 saturated carbocycles. The summed E-state index contributed by atoms with van der Waals surface area (Å²) in [5, 5.41) is 8.95. The average molecular weight is 223 g/mol. The Bertz CT molecular complexity index is 357. The maximum absolute atomic E-state index is 11.7. The molecule has 0 heterocycles. The number of nitriles is 1. The summed E-state index contributed by atoms with van der Waals surface area (Å²) in [5.74, 6) is -0.870. The van der Waals surface area contributed by atoms with E-state index in [0.29, 0.717) is 0 Å². The van der Waals surface area contributed by atoms with Gasteiger partial charge in [0.2, 0.25) is 0 Å². The summed E-state index contributed by atoms with van der Waals surface area (Å²) < 4.78 is 5.10. The lowest BCUT2D eigenvalue weighted by Gasteiger charge is -2.24. The first-order chi connectivity index (χ1) is 7.10. The molecule has 0 aliphatic carbocycles. The van der Waals surface area contributed by atoms with Crippen LogP contribution in [-0.2, 0) is 14.3 Å². The Kier molecular flexibility index (Phi) is 4.43. The lowest BCUT2D eigenvalue weighted by Crippen LogP contribution is -2.33. The van der Waals surface area contributed by atoms with Gasteiger partial charge in [0.05, 0.1) is 6.07 Å². The molecule has 0 aliphatic rings. The zero-order valence-corrected chi connectivity index (χ0v) is 10.3. The molecule has 0 amide bonds. The lowest BCUT2D eigenvalue weighted by atomic mass is 9.91. The van der Waals surface area contributed by atoms with Crippen LogP contribution in [0.25, 0.3) is 0 Å². The van der Waals surface area contributed by atoms with Gasteiger partial charge >= 0.3 is 5.97 Å². The van der Waals surface area contributed by atoms with Gasteiger partial charge in [-0.15, -0.1) is 0 Å². The molecule has 0 aliphatic heterocycles. The average Bonchev–Trinajstić information content (AvgIpc) is 2.11. The number of nitrogens with zero attached hydrogens (tertiary/aromatic N) is 1. The lowest BCUT2D eigenvalue weighted by molar-refractivity contribution is -0.160. The van der Waals surface area contributed by atoms with Crippen LogP contribution in [0.3, 0.4) is 0 Å². The first kappa shape index (κ1) is 14.4. The highest BCUT2D eigenvalue weighted by Crippen LogP contribution is 2.22.